The summed E-state index contributed by atoms with van der Waals surface area (Å²) in [6, 6.07) is 0. The Morgan fingerprint density at radius 1 is 1.43 bits per heavy atom. The van der Waals surface area contributed by atoms with Crippen molar-refractivity contribution in [3.05, 3.63) is 16.1 Å². The molecule has 3 aliphatic heterocycles. The Morgan fingerprint density at radius 2 is 2.35 bits per heavy atom. The zero-order chi connectivity index (χ0) is 15.9. The van der Waals surface area contributed by atoms with Gasteiger partial charge >= 0.3 is 0 Å². The second-order valence-corrected chi connectivity index (χ2v) is 8.20. The Morgan fingerprint density at radius 3 is 3.00 bits per heavy atom. The molecule has 1 aromatic rings. The van der Waals surface area contributed by atoms with Crippen LogP contribution in [0.1, 0.15) is 47.6 Å². The summed E-state index contributed by atoms with van der Waals surface area (Å²) in [7, 11) is 0. The number of aryl methyl sites for hydroxylation is 1. The van der Waals surface area contributed by atoms with Crippen molar-refractivity contribution < 1.29 is 9.53 Å². The molecule has 0 N–H and O–H groups in total. The third-order valence-electron chi connectivity index (χ3n) is 5.65. The van der Waals surface area contributed by atoms with Crippen molar-refractivity contribution in [2.45, 2.75) is 50.7 Å². The molecule has 0 bridgehead atoms. The lowest BCUT2D eigenvalue weighted by Gasteiger charge is -2.57. The van der Waals surface area contributed by atoms with E-state index < -0.39 is 0 Å². The first-order valence-corrected chi connectivity index (χ1v) is 9.62. The van der Waals surface area contributed by atoms with Gasteiger partial charge in [-0.15, -0.1) is 11.3 Å². The first-order valence-electron chi connectivity index (χ1n) is 8.74. The molecule has 23 heavy (non-hydrogen) atoms. The zero-order valence-electron chi connectivity index (χ0n) is 13.8. The van der Waals surface area contributed by atoms with E-state index in [1.54, 1.807) is 11.3 Å². The van der Waals surface area contributed by atoms with Crippen molar-refractivity contribution >= 4 is 17.2 Å². The van der Waals surface area contributed by atoms with Gasteiger partial charge in [0.2, 0.25) is 0 Å². The first kappa shape index (κ1) is 15.5. The van der Waals surface area contributed by atoms with E-state index in [0.717, 1.165) is 44.2 Å². The molecule has 0 radical (unpaired) electrons. The summed E-state index contributed by atoms with van der Waals surface area (Å²) in [5.41, 5.74) is 0.819. The SMILES string of the molecule is Cc1nc(C(=O)N2CCC[C@]3(CCN3C[C@@H]3CCCO3)C2)cs1. The summed E-state index contributed by atoms with van der Waals surface area (Å²) < 4.78 is 5.81. The van der Waals surface area contributed by atoms with Crippen LogP contribution in [0.15, 0.2) is 5.38 Å². The second kappa shape index (κ2) is 6.15. The van der Waals surface area contributed by atoms with Gasteiger partial charge < -0.3 is 9.64 Å². The molecular weight excluding hydrogens is 310 g/mol. The highest BCUT2D eigenvalue weighted by Gasteiger charge is 2.48. The van der Waals surface area contributed by atoms with E-state index in [1.807, 2.05) is 17.2 Å². The standard InChI is InChI=1S/C17H25N3O2S/c1-13-18-15(11-23-13)16(21)19-7-3-5-17(12-19)6-8-20(17)10-14-4-2-9-22-14/h11,14H,2-10,12H2,1H3/t14-,17-/m0/s1. The number of carbonyl (C=O) groups is 1. The Kier molecular flexibility index (Phi) is 4.15. The molecule has 2 atom stereocenters. The van der Waals surface area contributed by atoms with Crippen molar-refractivity contribution in [1.29, 1.82) is 0 Å². The predicted molar refractivity (Wildman–Crippen MR) is 89.9 cm³/mol. The quantitative estimate of drug-likeness (QED) is 0.850. The third-order valence-corrected chi connectivity index (χ3v) is 6.42. The maximum atomic E-state index is 12.7. The molecule has 1 aromatic heterocycles. The van der Waals surface area contributed by atoms with Crippen LogP contribution in [0.2, 0.25) is 0 Å². The molecule has 1 amide bonds. The lowest BCUT2D eigenvalue weighted by Crippen LogP contribution is -2.68. The molecule has 6 heteroatoms. The van der Waals surface area contributed by atoms with Gasteiger partial charge in [0.25, 0.3) is 5.91 Å². The number of nitrogens with zero attached hydrogens (tertiary/aromatic N) is 3. The van der Waals surface area contributed by atoms with Crippen LogP contribution in [0.4, 0.5) is 0 Å². The minimum absolute atomic E-state index is 0.109. The van der Waals surface area contributed by atoms with Crippen molar-refractivity contribution in [3.8, 4) is 0 Å². The molecule has 126 valence electrons. The second-order valence-electron chi connectivity index (χ2n) is 7.14. The zero-order valence-corrected chi connectivity index (χ0v) is 14.6. The topological polar surface area (TPSA) is 45.7 Å². The smallest absolute Gasteiger partial charge is 0.273 e. The summed E-state index contributed by atoms with van der Waals surface area (Å²) in [5.74, 6) is 0.109. The van der Waals surface area contributed by atoms with Gasteiger partial charge in [-0.1, -0.05) is 0 Å². The van der Waals surface area contributed by atoms with E-state index >= 15 is 0 Å². The van der Waals surface area contributed by atoms with E-state index in [1.165, 1.54) is 25.7 Å². The molecule has 0 aromatic carbocycles. The van der Waals surface area contributed by atoms with Crippen LogP contribution in [0.25, 0.3) is 0 Å². The van der Waals surface area contributed by atoms with Gasteiger partial charge in [-0.05, 0) is 39.0 Å². The van der Waals surface area contributed by atoms with Crippen LogP contribution >= 0.6 is 11.3 Å². The van der Waals surface area contributed by atoms with Crippen LogP contribution in [-0.2, 0) is 4.74 Å². The van der Waals surface area contributed by atoms with Gasteiger partial charge in [-0.25, -0.2) is 4.98 Å². The van der Waals surface area contributed by atoms with Crippen molar-refractivity contribution in [1.82, 2.24) is 14.8 Å². The third kappa shape index (κ3) is 2.92. The number of hydrogen-bond acceptors (Lipinski definition) is 5. The highest BCUT2D eigenvalue weighted by molar-refractivity contribution is 7.09. The summed E-state index contributed by atoms with van der Waals surface area (Å²) in [6.07, 6.45) is 6.29. The fraction of sp³-hybridized carbons (Fsp3) is 0.765. The molecule has 3 saturated heterocycles. The number of rotatable bonds is 3. The lowest BCUT2D eigenvalue weighted by molar-refractivity contribution is -0.0807. The molecular formula is C17H25N3O2S. The van der Waals surface area contributed by atoms with Crippen LogP contribution in [0.3, 0.4) is 0 Å². The van der Waals surface area contributed by atoms with Crippen molar-refractivity contribution in [3.63, 3.8) is 0 Å². The number of piperidine rings is 1. The number of hydrogen-bond donors (Lipinski definition) is 0. The van der Waals surface area contributed by atoms with Gasteiger partial charge in [0.15, 0.2) is 0 Å². The molecule has 4 rings (SSSR count). The Balaban J connectivity index is 1.43. The van der Waals surface area contributed by atoms with Gasteiger partial charge in [-0.3, -0.25) is 9.69 Å². The van der Waals surface area contributed by atoms with Crippen molar-refractivity contribution in [2.75, 3.05) is 32.8 Å². The van der Waals surface area contributed by atoms with E-state index in [4.69, 9.17) is 4.74 Å². The van der Waals surface area contributed by atoms with Gasteiger partial charge in [0, 0.05) is 43.7 Å². The molecule has 4 heterocycles. The number of likely N-dealkylation sites (tertiary alicyclic amines) is 2. The minimum atomic E-state index is 0.109. The largest absolute Gasteiger partial charge is 0.377 e. The minimum Gasteiger partial charge on any atom is -0.377 e. The first-order chi connectivity index (χ1) is 11.2. The molecule has 3 aliphatic rings. The Labute approximate surface area is 141 Å². The van der Waals surface area contributed by atoms with Gasteiger partial charge in [-0.2, -0.15) is 0 Å². The number of thiazole rings is 1. The molecule has 1 spiro atoms. The summed E-state index contributed by atoms with van der Waals surface area (Å²) in [6.45, 7) is 6.78. The fourth-order valence-electron chi connectivity index (χ4n) is 4.28. The molecule has 0 saturated carbocycles. The summed E-state index contributed by atoms with van der Waals surface area (Å²) in [4.78, 5) is 21.7. The fourth-order valence-corrected chi connectivity index (χ4v) is 4.86. The number of carbonyl (C=O) groups excluding carboxylic acids is 1. The maximum Gasteiger partial charge on any atom is 0.273 e. The average Bonchev–Trinajstić information content (AvgIpc) is 3.22. The van der Waals surface area contributed by atoms with Crippen LogP contribution in [0.5, 0.6) is 0 Å². The number of aromatic nitrogens is 1. The molecule has 0 unspecified atom stereocenters. The van der Waals surface area contributed by atoms with Crippen LogP contribution in [-0.4, -0.2) is 65.1 Å². The molecule has 0 aliphatic carbocycles. The van der Waals surface area contributed by atoms with E-state index in [9.17, 15) is 4.79 Å². The highest BCUT2D eigenvalue weighted by Crippen LogP contribution is 2.39. The molecule has 3 fully saturated rings. The summed E-state index contributed by atoms with van der Waals surface area (Å²) >= 11 is 1.55. The van der Waals surface area contributed by atoms with Crippen LogP contribution < -0.4 is 0 Å². The van der Waals surface area contributed by atoms with Crippen molar-refractivity contribution in [2.24, 2.45) is 0 Å². The van der Waals surface area contributed by atoms with E-state index in [-0.39, 0.29) is 11.4 Å². The van der Waals surface area contributed by atoms with E-state index in [2.05, 4.69) is 9.88 Å². The number of amides is 1. The summed E-state index contributed by atoms with van der Waals surface area (Å²) in [5, 5.41) is 2.85. The Bertz CT molecular complexity index is 584. The average molecular weight is 335 g/mol. The maximum absolute atomic E-state index is 12.7. The highest BCUT2D eigenvalue weighted by atomic mass is 32.1. The lowest BCUT2D eigenvalue weighted by atomic mass is 9.77. The van der Waals surface area contributed by atoms with Gasteiger partial charge in [0.1, 0.15) is 5.69 Å². The Hall–Kier alpha value is -0.980. The predicted octanol–water partition coefficient (Wildman–Crippen LogP) is 2.31. The van der Waals surface area contributed by atoms with E-state index in [0.29, 0.717) is 11.8 Å². The monoisotopic (exact) mass is 335 g/mol. The van der Waals surface area contributed by atoms with Gasteiger partial charge in [0.05, 0.1) is 11.1 Å². The number of ether oxygens (including phenoxy) is 1. The molecule has 5 nitrogen and oxygen atoms in total. The normalized spacial score (nSPS) is 31.5. The van der Waals surface area contributed by atoms with Crippen LogP contribution in [0, 0.1) is 6.92 Å².